The van der Waals surface area contributed by atoms with E-state index in [0.29, 0.717) is 6.10 Å². The maximum Gasteiger partial charge on any atom is 0.0810 e. The zero-order valence-electron chi connectivity index (χ0n) is 16.3. The van der Waals surface area contributed by atoms with E-state index in [1.807, 2.05) is 0 Å². The van der Waals surface area contributed by atoms with Gasteiger partial charge in [0.15, 0.2) is 0 Å². The Morgan fingerprint density at radius 2 is 1.24 bits per heavy atom. The molecule has 0 bridgehead atoms. The molecule has 5 nitrogen and oxygen atoms in total. The van der Waals surface area contributed by atoms with Gasteiger partial charge in [-0.15, -0.1) is 0 Å². The van der Waals surface area contributed by atoms with Crippen LogP contribution in [-0.4, -0.2) is 58.8 Å². The Bertz CT molecular complexity index is 263. The van der Waals surface area contributed by atoms with Crippen LogP contribution in [0.5, 0.6) is 0 Å². The van der Waals surface area contributed by atoms with Gasteiger partial charge in [0, 0.05) is 26.4 Å². The molecule has 1 saturated heterocycles. The molecule has 0 aromatic rings. The highest BCUT2D eigenvalue weighted by molar-refractivity contribution is 4.68. The number of hydrogen-bond acceptors (Lipinski definition) is 5. The molecule has 0 saturated carbocycles. The first-order valence-corrected chi connectivity index (χ1v) is 10.6. The topological polar surface area (TPSA) is 69.0 Å². The molecule has 1 unspecified atom stereocenters. The van der Waals surface area contributed by atoms with E-state index < -0.39 is 0 Å². The zero-order valence-corrected chi connectivity index (χ0v) is 16.3. The third kappa shape index (κ3) is 18.4. The van der Waals surface area contributed by atoms with E-state index >= 15 is 0 Å². The second-order valence-corrected chi connectivity index (χ2v) is 7.04. The van der Waals surface area contributed by atoms with Gasteiger partial charge >= 0.3 is 0 Å². The van der Waals surface area contributed by atoms with E-state index in [1.54, 1.807) is 0 Å². The summed E-state index contributed by atoms with van der Waals surface area (Å²) in [4.78, 5) is 0. The van der Waals surface area contributed by atoms with Crippen molar-refractivity contribution < 1.29 is 14.2 Å². The van der Waals surface area contributed by atoms with Crippen LogP contribution < -0.4 is 11.1 Å². The molecule has 1 fully saturated rings. The van der Waals surface area contributed by atoms with Crippen molar-refractivity contribution in [1.29, 1.82) is 0 Å². The number of ether oxygens (including phenoxy) is 3. The molecule has 0 aromatic carbocycles. The van der Waals surface area contributed by atoms with Gasteiger partial charge in [-0.05, 0) is 71.0 Å². The molecular formula is C20H42N2O3. The van der Waals surface area contributed by atoms with Gasteiger partial charge in [-0.3, -0.25) is 0 Å². The highest BCUT2D eigenvalue weighted by Crippen LogP contribution is 2.17. The van der Waals surface area contributed by atoms with Gasteiger partial charge in [0.25, 0.3) is 0 Å². The molecule has 0 amide bonds. The molecule has 1 heterocycles. The molecule has 25 heavy (non-hydrogen) atoms. The highest BCUT2D eigenvalue weighted by Gasteiger charge is 2.20. The van der Waals surface area contributed by atoms with E-state index in [9.17, 15) is 0 Å². The fraction of sp³-hybridized carbons (Fsp3) is 1.00. The summed E-state index contributed by atoms with van der Waals surface area (Å²) in [6, 6.07) is 0. The Labute approximate surface area is 155 Å². The summed E-state index contributed by atoms with van der Waals surface area (Å²) in [5.74, 6) is 0. The van der Waals surface area contributed by atoms with E-state index in [2.05, 4.69) is 5.32 Å². The minimum absolute atomic E-state index is 0.602. The van der Waals surface area contributed by atoms with Gasteiger partial charge in [-0.25, -0.2) is 0 Å². The molecular weight excluding hydrogens is 316 g/mol. The summed E-state index contributed by atoms with van der Waals surface area (Å²) in [5.41, 5.74) is 5.44. The standard InChI is InChI=1S/C20H42N2O3/c21-12-4-8-16-24-18-10-6-14-22-13-5-9-17-23-15-7-2-1-3-11-20-19-25-20/h20,22H,1-19,21H2. The minimum atomic E-state index is 0.602. The van der Waals surface area contributed by atoms with Crippen LogP contribution in [0.1, 0.15) is 70.6 Å². The molecule has 0 spiro atoms. The minimum Gasteiger partial charge on any atom is -0.381 e. The van der Waals surface area contributed by atoms with E-state index in [4.69, 9.17) is 19.9 Å². The predicted molar refractivity (Wildman–Crippen MR) is 104 cm³/mol. The van der Waals surface area contributed by atoms with Crippen LogP contribution >= 0.6 is 0 Å². The summed E-state index contributed by atoms with van der Waals surface area (Å²) in [6.45, 7) is 7.56. The first-order chi connectivity index (χ1) is 12.4. The van der Waals surface area contributed by atoms with Crippen molar-refractivity contribution in [1.82, 2.24) is 5.32 Å². The maximum atomic E-state index is 5.70. The van der Waals surface area contributed by atoms with Gasteiger partial charge < -0.3 is 25.3 Å². The molecule has 150 valence electrons. The van der Waals surface area contributed by atoms with E-state index in [-0.39, 0.29) is 0 Å². The lowest BCUT2D eigenvalue weighted by atomic mass is 10.1. The monoisotopic (exact) mass is 358 g/mol. The number of nitrogens with one attached hydrogen (secondary N) is 1. The highest BCUT2D eigenvalue weighted by atomic mass is 16.6. The first-order valence-electron chi connectivity index (χ1n) is 10.6. The molecule has 5 heteroatoms. The normalized spacial score (nSPS) is 16.4. The summed E-state index contributed by atoms with van der Waals surface area (Å²) < 4.78 is 16.5. The predicted octanol–water partition coefficient (Wildman–Crippen LogP) is 3.26. The van der Waals surface area contributed by atoms with Crippen LogP contribution in [0.2, 0.25) is 0 Å². The van der Waals surface area contributed by atoms with Gasteiger partial charge in [-0.1, -0.05) is 19.3 Å². The quantitative estimate of drug-likeness (QED) is 0.243. The van der Waals surface area contributed by atoms with Crippen LogP contribution in [0.25, 0.3) is 0 Å². The second-order valence-electron chi connectivity index (χ2n) is 7.04. The van der Waals surface area contributed by atoms with Crippen molar-refractivity contribution >= 4 is 0 Å². The zero-order chi connectivity index (χ0) is 17.8. The second kappa shape index (κ2) is 18.6. The Hall–Kier alpha value is -0.200. The van der Waals surface area contributed by atoms with Crippen LogP contribution in [0.15, 0.2) is 0 Å². The molecule has 0 aromatic heterocycles. The average molecular weight is 359 g/mol. The molecule has 1 aliphatic heterocycles. The summed E-state index contributed by atoms with van der Waals surface area (Å²) >= 11 is 0. The molecule has 3 N–H and O–H groups in total. The fourth-order valence-corrected chi connectivity index (χ4v) is 2.75. The van der Waals surface area contributed by atoms with Crippen molar-refractivity contribution in [3.8, 4) is 0 Å². The van der Waals surface area contributed by atoms with Crippen LogP contribution in [0.4, 0.5) is 0 Å². The molecule has 0 radical (unpaired) electrons. The Balaban J connectivity index is 1.59. The number of epoxide rings is 1. The van der Waals surface area contributed by atoms with Crippen molar-refractivity contribution in [2.24, 2.45) is 5.73 Å². The summed E-state index contributed by atoms with van der Waals surface area (Å²) in [5, 5.41) is 3.50. The van der Waals surface area contributed by atoms with Crippen molar-refractivity contribution in [3.63, 3.8) is 0 Å². The third-order valence-corrected chi connectivity index (χ3v) is 4.49. The molecule has 1 atom stereocenters. The summed E-state index contributed by atoms with van der Waals surface area (Å²) in [7, 11) is 0. The van der Waals surface area contributed by atoms with E-state index in [1.165, 1.54) is 44.9 Å². The van der Waals surface area contributed by atoms with Crippen LogP contribution in [0, 0.1) is 0 Å². The first kappa shape index (κ1) is 22.8. The number of rotatable bonds is 21. The lowest BCUT2D eigenvalue weighted by molar-refractivity contribution is 0.125. The molecule has 0 aliphatic carbocycles. The lowest BCUT2D eigenvalue weighted by Crippen LogP contribution is -2.17. The molecule has 1 aliphatic rings. The van der Waals surface area contributed by atoms with Gasteiger partial charge in [0.1, 0.15) is 0 Å². The smallest absolute Gasteiger partial charge is 0.0810 e. The molecule has 1 rings (SSSR count). The van der Waals surface area contributed by atoms with Gasteiger partial charge in [0.2, 0.25) is 0 Å². The van der Waals surface area contributed by atoms with Crippen LogP contribution in [-0.2, 0) is 14.2 Å². The van der Waals surface area contributed by atoms with Crippen molar-refractivity contribution in [2.75, 3.05) is 52.7 Å². The van der Waals surface area contributed by atoms with Crippen molar-refractivity contribution in [3.05, 3.63) is 0 Å². The van der Waals surface area contributed by atoms with Crippen molar-refractivity contribution in [2.45, 2.75) is 76.7 Å². The fourth-order valence-electron chi connectivity index (χ4n) is 2.75. The number of hydrogen-bond donors (Lipinski definition) is 2. The number of unbranched alkanes of at least 4 members (excludes halogenated alkanes) is 6. The van der Waals surface area contributed by atoms with Gasteiger partial charge in [-0.2, -0.15) is 0 Å². The number of nitrogens with two attached hydrogens (primary N) is 1. The Kier molecular flexibility index (Phi) is 17.0. The van der Waals surface area contributed by atoms with E-state index in [0.717, 1.165) is 78.4 Å². The Morgan fingerprint density at radius 3 is 1.80 bits per heavy atom. The maximum absolute atomic E-state index is 5.70. The third-order valence-electron chi connectivity index (χ3n) is 4.49. The van der Waals surface area contributed by atoms with Crippen LogP contribution in [0.3, 0.4) is 0 Å². The Morgan fingerprint density at radius 1 is 0.720 bits per heavy atom. The summed E-state index contributed by atoms with van der Waals surface area (Å²) in [6.07, 6.45) is 13.9. The average Bonchev–Trinajstić information content (AvgIpc) is 3.44. The lowest BCUT2D eigenvalue weighted by Gasteiger charge is -2.07. The SMILES string of the molecule is NCCCCOCCCCNCCCCOCCCCCCC1CO1. The van der Waals surface area contributed by atoms with Gasteiger partial charge in [0.05, 0.1) is 12.7 Å². The largest absolute Gasteiger partial charge is 0.381 e.